The van der Waals surface area contributed by atoms with Crippen molar-refractivity contribution < 1.29 is 9.53 Å². The molecule has 21 heavy (non-hydrogen) atoms. The Morgan fingerprint density at radius 1 is 1.19 bits per heavy atom. The van der Waals surface area contributed by atoms with Gasteiger partial charge in [-0.3, -0.25) is 4.79 Å². The van der Waals surface area contributed by atoms with Crippen molar-refractivity contribution in [2.45, 2.75) is 52.5 Å². The van der Waals surface area contributed by atoms with Crippen LogP contribution in [0.4, 0.5) is 0 Å². The van der Waals surface area contributed by atoms with E-state index in [1.54, 1.807) is 0 Å². The lowest BCUT2D eigenvalue weighted by molar-refractivity contribution is -0.141. The average molecular weight is 291 g/mol. The van der Waals surface area contributed by atoms with Gasteiger partial charge in [0.2, 0.25) is 0 Å². The predicted octanol–water partition coefficient (Wildman–Crippen LogP) is 3.36. The maximum absolute atomic E-state index is 11.5. The smallest absolute Gasteiger partial charge is 0.307 e. The number of aryl methyl sites for hydroxylation is 1. The number of ether oxygens (including phenoxy) is 1. The van der Waals surface area contributed by atoms with Crippen molar-refractivity contribution in [2.75, 3.05) is 13.7 Å². The van der Waals surface area contributed by atoms with Gasteiger partial charge in [-0.1, -0.05) is 51.5 Å². The van der Waals surface area contributed by atoms with Crippen LogP contribution in [0, 0.1) is 5.92 Å². The number of carbonyl (C=O) groups is 1. The van der Waals surface area contributed by atoms with Crippen LogP contribution in [0.1, 0.15) is 44.7 Å². The molecule has 0 spiro atoms. The van der Waals surface area contributed by atoms with E-state index in [4.69, 9.17) is 4.74 Å². The maximum atomic E-state index is 11.5. The molecule has 0 radical (unpaired) electrons. The predicted molar refractivity (Wildman–Crippen MR) is 87.4 cm³/mol. The zero-order valence-corrected chi connectivity index (χ0v) is 13.8. The van der Waals surface area contributed by atoms with E-state index in [0.29, 0.717) is 12.3 Å². The fourth-order valence-corrected chi connectivity index (χ4v) is 2.32. The molecule has 1 rings (SSSR count). The fourth-order valence-electron chi connectivity index (χ4n) is 2.32. The Morgan fingerprint density at radius 3 is 2.33 bits per heavy atom. The molecule has 0 bridgehead atoms. The minimum absolute atomic E-state index is 0.136. The topological polar surface area (TPSA) is 38.3 Å². The number of rotatable bonds is 9. The molecule has 0 aromatic heterocycles. The Labute approximate surface area is 129 Å². The number of methoxy groups -OCH3 is 1. The molecule has 0 aliphatic carbocycles. The molecule has 1 aromatic rings. The second-order valence-electron chi connectivity index (χ2n) is 6.05. The highest BCUT2D eigenvalue weighted by Crippen LogP contribution is 2.11. The van der Waals surface area contributed by atoms with Gasteiger partial charge in [-0.2, -0.15) is 0 Å². The number of carbonyl (C=O) groups excluding carboxylic acids is 1. The molecule has 0 saturated heterocycles. The summed E-state index contributed by atoms with van der Waals surface area (Å²) >= 11 is 0. The summed E-state index contributed by atoms with van der Waals surface area (Å²) in [6, 6.07) is 8.86. The highest BCUT2D eigenvalue weighted by Gasteiger charge is 2.15. The molecular formula is C18H29NO2. The molecule has 1 atom stereocenters. The number of hydrogen-bond donors (Lipinski definition) is 1. The highest BCUT2D eigenvalue weighted by atomic mass is 16.5. The van der Waals surface area contributed by atoms with Gasteiger partial charge >= 0.3 is 5.97 Å². The first-order valence-electron chi connectivity index (χ1n) is 7.93. The quantitative estimate of drug-likeness (QED) is 0.709. The van der Waals surface area contributed by atoms with E-state index in [0.717, 1.165) is 19.4 Å². The van der Waals surface area contributed by atoms with Gasteiger partial charge < -0.3 is 10.1 Å². The van der Waals surface area contributed by atoms with Crippen LogP contribution in [0.25, 0.3) is 0 Å². The third-order valence-corrected chi connectivity index (χ3v) is 3.50. The van der Waals surface area contributed by atoms with Crippen LogP contribution in [0.3, 0.4) is 0 Å². The summed E-state index contributed by atoms with van der Waals surface area (Å²) in [5.74, 6) is 0.413. The van der Waals surface area contributed by atoms with E-state index in [1.807, 2.05) is 0 Å². The van der Waals surface area contributed by atoms with Gasteiger partial charge in [0, 0.05) is 6.04 Å². The molecule has 0 heterocycles. The lowest BCUT2D eigenvalue weighted by Gasteiger charge is -2.19. The van der Waals surface area contributed by atoms with Crippen LogP contribution < -0.4 is 5.32 Å². The SMILES string of the molecule is CCCc1ccc(CC(CC(=O)OC)NCC(C)C)cc1. The van der Waals surface area contributed by atoms with Gasteiger partial charge in [-0.05, 0) is 36.4 Å². The molecular weight excluding hydrogens is 262 g/mol. The Bertz CT molecular complexity index is 412. The van der Waals surface area contributed by atoms with E-state index in [9.17, 15) is 4.79 Å². The third-order valence-electron chi connectivity index (χ3n) is 3.50. The van der Waals surface area contributed by atoms with Crippen LogP contribution in [0.5, 0.6) is 0 Å². The van der Waals surface area contributed by atoms with Gasteiger partial charge in [0.05, 0.1) is 13.5 Å². The van der Waals surface area contributed by atoms with Gasteiger partial charge in [-0.15, -0.1) is 0 Å². The normalized spacial score (nSPS) is 12.4. The second-order valence-corrected chi connectivity index (χ2v) is 6.05. The molecule has 0 aliphatic rings. The summed E-state index contributed by atoms with van der Waals surface area (Å²) < 4.78 is 4.80. The first-order valence-corrected chi connectivity index (χ1v) is 7.93. The Balaban J connectivity index is 2.62. The summed E-state index contributed by atoms with van der Waals surface area (Å²) in [4.78, 5) is 11.5. The molecule has 1 unspecified atom stereocenters. The Hall–Kier alpha value is -1.35. The lowest BCUT2D eigenvalue weighted by Crippen LogP contribution is -2.36. The monoisotopic (exact) mass is 291 g/mol. The molecule has 0 saturated carbocycles. The summed E-state index contributed by atoms with van der Waals surface area (Å²) in [7, 11) is 1.45. The molecule has 3 heteroatoms. The molecule has 3 nitrogen and oxygen atoms in total. The highest BCUT2D eigenvalue weighted by molar-refractivity contribution is 5.70. The molecule has 0 aliphatic heterocycles. The van der Waals surface area contributed by atoms with E-state index < -0.39 is 0 Å². The van der Waals surface area contributed by atoms with E-state index >= 15 is 0 Å². The zero-order chi connectivity index (χ0) is 15.7. The lowest BCUT2D eigenvalue weighted by atomic mass is 10.0. The standard InChI is InChI=1S/C18H29NO2/c1-5-6-15-7-9-16(10-8-15)11-17(12-18(20)21-4)19-13-14(2)3/h7-10,14,17,19H,5-6,11-13H2,1-4H3. The summed E-state index contributed by atoms with van der Waals surface area (Å²) in [5.41, 5.74) is 2.64. The molecule has 1 N–H and O–H groups in total. The molecule has 1 aromatic carbocycles. The third kappa shape index (κ3) is 7.28. The fraction of sp³-hybridized carbons (Fsp3) is 0.611. The number of hydrogen-bond acceptors (Lipinski definition) is 3. The second kappa shape index (κ2) is 9.56. The first-order chi connectivity index (χ1) is 10.0. The zero-order valence-electron chi connectivity index (χ0n) is 13.8. The first kappa shape index (κ1) is 17.7. The van der Waals surface area contributed by atoms with Gasteiger partial charge in [0.25, 0.3) is 0 Å². The van der Waals surface area contributed by atoms with Crippen molar-refractivity contribution >= 4 is 5.97 Å². The average Bonchev–Trinajstić information content (AvgIpc) is 2.46. The number of esters is 1. The molecule has 118 valence electrons. The molecule has 0 amide bonds. The van der Waals surface area contributed by atoms with Crippen LogP contribution in [0.15, 0.2) is 24.3 Å². The molecule has 0 fully saturated rings. The minimum Gasteiger partial charge on any atom is -0.469 e. The summed E-state index contributed by atoms with van der Waals surface area (Å²) in [6.07, 6.45) is 3.56. The van der Waals surface area contributed by atoms with Crippen molar-refractivity contribution in [3.05, 3.63) is 35.4 Å². The van der Waals surface area contributed by atoms with Gasteiger partial charge in [0.1, 0.15) is 0 Å². The van der Waals surface area contributed by atoms with Crippen LogP contribution in [-0.4, -0.2) is 25.7 Å². The van der Waals surface area contributed by atoms with Crippen LogP contribution in [0.2, 0.25) is 0 Å². The number of nitrogens with one attached hydrogen (secondary N) is 1. The van der Waals surface area contributed by atoms with Crippen LogP contribution >= 0.6 is 0 Å². The van der Waals surface area contributed by atoms with Crippen molar-refractivity contribution in [1.82, 2.24) is 5.32 Å². The van der Waals surface area contributed by atoms with Crippen molar-refractivity contribution in [2.24, 2.45) is 5.92 Å². The Morgan fingerprint density at radius 2 is 1.81 bits per heavy atom. The Kier molecular flexibility index (Phi) is 8.06. The van der Waals surface area contributed by atoms with Crippen molar-refractivity contribution in [3.63, 3.8) is 0 Å². The van der Waals surface area contributed by atoms with Gasteiger partial charge in [-0.25, -0.2) is 0 Å². The van der Waals surface area contributed by atoms with E-state index in [-0.39, 0.29) is 12.0 Å². The van der Waals surface area contributed by atoms with Crippen molar-refractivity contribution in [3.8, 4) is 0 Å². The van der Waals surface area contributed by atoms with Crippen LogP contribution in [-0.2, 0) is 22.4 Å². The largest absolute Gasteiger partial charge is 0.469 e. The maximum Gasteiger partial charge on any atom is 0.307 e. The van der Waals surface area contributed by atoms with Crippen molar-refractivity contribution in [1.29, 1.82) is 0 Å². The van der Waals surface area contributed by atoms with Gasteiger partial charge in [0.15, 0.2) is 0 Å². The summed E-state index contributed by atoms with van der Waals surface area (Å²) in [6.45, 7) is 7.44. The van der Waals surface area contributed by atoms with E-state index in [1.165, 1.54) is 24.7 Å². The summed E-state index contributed by atoms with van der Waals surface area (Å²) in [5, 5.41) is 3.47. The van der Waals surface area contributed by atoms with E-state index in [2.05, 4.69) is 50.4 Å². The minimum atomic E-state index is -0.154. The number of benzene rings is 1.